The van der Waals surface area contributed by atoms with E-state index >= 15 is 0 Å². The number of carbonyl (C=O) groups excluding carboxylic acids is 2. The molecule has 7 nitrogen and oxygen atoms in total. The topological polar surface area (TPSA) is 77.0 Å². The zero-order valence-corrected chi connectivity index (χ0v) is 19.7. The Morgan fingerprint density at radius 3 is 2.45 bits per heavy atom. The van der Waals surface area contributed by atoms with Gasteiger partial charge in [-0.3, -0.25) is 24.4 Å². The highest BCUT2D eigenvalue weighted by Gasteiger charge is 2.58. The molecule has 2 amide bonds. The Hall–Kier alpha value is -2.67. The summed E-state index contributed by atoms with van der Waals surface area (Å²) in [5, 5.41) is 6.75. The minimum Gasteiger partial charge on any atom is -0.355 e. The van der Waals surface area contributed by atoms with E-state index in [1.54, 1.807) is 7.05 Å². The number of imide groups is 1. The lowest BCUT2D eigenvalue weighted by molar-refractivity contribution is -0.140. The van der Waals surface area contributed by atoms with E-state index in [0.29, 0.717) is 25.1 Å². The van der Waals surface area contributed by atoms with Gasteiger partial charge in [0.05, 0.1) is 11.8 Å². The smallest absolute Gasteiger partial charge is 0.233 e. The molecule has 2 bridgehead atoms. The summed E-state index contributed by atoms with van der Waals surface area (Å²) in [6.45, 7) is 5.99. The number of hydrogen-bond donors (Lipinski definition) is 2. The second kappa shape index (κ2) is 9.29. The molecule has 2 N–H and O–H groups in total. The number of nitrogens with one attached hydrogen (secondary N) is 2. The van der Waals surface area contributed by atoms with Crippen LogP contribution >= 0.6 is 0 Å². The van der Waals surface area contributed by atoms with Crippen LogP contribution in [0.15, 0.2) is 41.4 Å². The average Bonchev–Trinajstić information content (AvgIpc) is 3.53. The summed E-state index contributed by atoms with van der Waals surface area (Å²) < 4.78 is 0. The van der Waals surface area contributed by atoms with E-state index in [2.05, 4.69) is 63.9 Å². The molecule has 2 heterocycles. The van der Waals surface area contributed by atoms with Crippen molar-refractivity contribution in [1.82, 2.24) is 20.4 Å². The highest BCUT2D eigenvalue weighted by atomic mass is 16.2. The van der Waals surface area contributed by atoms with Gasteiger partial charge >= 0.3 is 0 Å². The highest BCUT2D eigenvalue weighted by Crippen LogP contribution is 2.52. The molecule has 2 fully saturated rings. The van der Waals surface area contributed by atoms with E-state index in [4.69, 9.17) is 0 Å². The second-order valence-electron chi connectivity index (χ2n) is 9.76. The largest absolute Gasteiger partial charge is 0.355 e. The van der Waals surface area contributed by atoms with E-state index in [0.717, 1.165) is 38.9 Å². The minimum atomic E-state index is -0.120. The molecule has 2 aliphatic carbocycles. The maximum Gasteiger partial charge on any atom is 0.233 e. The number of hydrogen-bond acceptors (Lipinski definition) is 4. The number of likely N-dealkylation sites (tertiary alicyclic amines) is 1. The van der Waals surface area contributed by atoms with Gasteiger partial charge in [-0.2, -0.15) is 0 Å². The fourth-order valence-corrected chi connectivity index (χ4v) is 6.27. The van der Waals surface area contributed by atoms with Crippen molar-refractivity contribution in [2.45, 2.75) is 38.8 Å². The Labute approximate surface area is 196 Å². The summed E-state index contributed by atoms with van der Waals surface area (Å²) in [6.07, 6.45) is 7.39. The van der Waals surface area contributed by atoms with Gasteiger partial charge in [-0.05, 0) is 42.2 Å². The van der Waals surface area contributed by atoms with Crippen LogP contribution in [0.4, 0.5) is 0 Å². The van der Waals surface area contributed by atoms with Gasteiger partial charge in [0.2, 0.25) is 11.8 Å². The SMILES string of the molecule is CCC(CNC(=NC)NCCN1C(=O)C2C3C=CC(C3)C2C1=O)N1CCc2ccccc2C1. The fraction of sp³-hybridized carbons (Fsp3) is 0.577. The average molecular weight is 450 g/mol. The van der Waals surface area contributed by atoms with Gasteiger partial charge < -0.3 is 10.6 Å². The van der Waals surface area contributed by atoms with Crippen molar-refractivity contribution < 1.29 is 9.59 Å². The molecule has 1 saturated heterocycles. The predicted octanol–water partition coefficient (Wildman–Crippen LogP) is 1.80. The number of carbonyl (C=O) groups is 2. The van der Waals surface area contributed by atoms with Crippen molar-refractivity contribution in [2.75, 3.05) is 33.2 Å². The molecule has 33 heavy (non-hydrogen) atoms. The Kier molecular flexibility index (Phi) is 6.23. The Bertz CT molecular complexity index is 943. The molecular formula is C26H35N5O2. The van der Waals surface area contributed by atoms with E-state index in [-0.39, 0.29) is 35.5 Å². The molecule has 1 aromatic carbocycles. The number of rotatable bonds is 7. The lowest BCUT2D eigenvalue weighted by Gasteiger charge is -2.35. The molecule has 176 valence electrons. The number of aliphatic imine (C=N–C) groups is 1. The van der Waals surface area contributed by atoms with Gasteiger partial charge in [0.15, 0.2) is 5.96 Å². The van der Waals surface area contributed by atoms with Gasteiger partial charge in [-0.25, -0.2) is 0 Å². The first-order valence-electron chi connectivity index (χ1n) is 12.4. The summed E-state index contributed by atoms with van der Waals surface area (Å²) >= 11 is 0. The lowest BCUT2D eigenvalue weighted by atomic mass is 9.85. The number of allylic oxidation sites excluding steroid dienone is 2. The number of fused-ring (bicyclic) bond motifs is 6. The van der Waals surface area contributed by atoms with Gasteiger partial charge in [-0.15, -0.1) is 0 Å². The van der Waals surface area contributed by atoms with E-state index in [1.807, 2.05) is 0 Å². The van der Waals surface area contributed by atoms with Gasteiger partial charge in [0.1, 0.15) is 0 Å². The number of benzene rings is 1. The van der Waals surface area contributed by atoms with Gasteiger partial charge in [0.25, 0.3) is 0 Å². The molecule has 5 rings (SSSR count). The molecule has 1 saturated carbocycles. The van der Waals surface area contributed by atoms with Crippen molar-refractivity contribution >= 4 is 17.8 Å². The predicted molar refractivity (Wildman–Crippen MR) is 128 cm³/mol. The van der Waals surface area contributed by atoms with Crippen molar-refractivity contribution in [3.05, 3.63) is 47.5 Å². The fourth-order valence-electron chi connectivity index (χ4n) is 6.27. The van der Waals surface area contributed by atoms with Crippen LogP contribution in [0.5, 0.6) is 0 Å². The summed E-state index contributed by atoms with van der Waals surface area (Å²) in [5.41, 5.74) is 2.89. The summed E-state index contributed by atoms with van der Waals surface area (Å²) in [6, 6.07) is 9.14. The molecule has 5 atom stereocenters. The number of guanidine groups is 1. The van der Waals surface area contributed by atoms with Crippen LogP contribution in [0.3, 0.4) is 0 Å². The monoisotopic (exact) mass is 449 g/mol. The van der Waals surface area contributed by atoms with Crippen molar-refractivity contribution in [3.8, 4) is 0 Å². The first-order valence-corrected chi connectivity index (χ1v) is 12.4. The summed E-state index contributed by atoms with van der Waals surface area (Å²) in [4.78, 5) is 34.0. The van der Waals surface area contributed by atoms with Crippen LogP contribution in [0.1, 0.15) is 30.9 Å². The van der Waals surface area contributed by atoms with E-state index < -0.39 is 0 Å². The third-order valence-electron chi connectivity index (χ3n) is 8.07. The number of nitrogens with zero attached hydrogens (tertiary/aromatic N) is 3. The third-order valence-corrected chi connectivity index (χ3v) is 8.07. The second-order valence-corrected chi connectivity index (χ2v) is 9.76. The van der Waals surface area contributed by atoms with Crippen LogP contribution in [0.25, 0.3) is 0 Å². The minimum absolute atomic E-state index is 0.0167. The van der Waals surface area contributed by atoms with Crippen LogP contribution in [-0.4, -0.2) is 66.8 Å². The highest BCUT2D eigenvalue weighted by molar-refractivity contribution is 6.06. The number of amides is 2. The van der Waals surface area contributed by atoms with Gasteiger partial charge in [0, 0.05) is 45.8 Å². The maximum absolute atomic E-state index is 12.8. The Morgan fingerprint density at radius 2 is 1.79 bits per heavy atom. The first-order chi connectivity index (χ1) is 16.1. The molecule has 0 radical (unpaired) electrons. The molecule has 0 spiro atoms. The quantitative estimate of drug-likeness (QED) is 0.287. The maximum atomic E-state index is 12.8. The third kappa shape index (κ3) is 4.07. The summed E-state index contributed by atoms with van der Waals surface area (Å²) in [5.74, 6) is 1.03. The summed E-state index contributed by atoms with van der Waals surface area (Å²) in [7, 11) is 1.76. The van der Waals surface area contributed by atoms with Crippen molar-refractivity contribution in [2.24, 2.45) is 28.7 Å². The molecular weight excluding hydrogens is 414 g/mol. The molecule has 7 heteroatoms. The van der Waals surface area contributed by atoms with E-state index in [9.17, 15) is 9.59 Å². The van der Waals surface area contributed by atoms with Crippen LogP contribution < -0.4 is 10.6 Å². The lowest BCUT2D eigenvalue weighted by Crippen LogP contribution is -2.49. The van der Waals surface area contributed by atoms with E-state index in [1.165, 1.54) is 16.0 Å². The molecule has 1 aromatic rings. The van der Waals surface area contributed by atoms with Crippen LogP contribution in [-0.2, 0) is 22.6 Å². The first kappa shape index (κ1) is 22.1. The van der Waals surface area contributed by atoms with Gasteiger partial charge in [-0.1, -0.05) is 43.3 Å². The normalized spacial score (nSPS) is 29.4. The van der Waals surface area contributed by atoms with Crippen molar-refractivity contribution in [3.63, 3.8) is 0 Å². The van der Waals surface area contributed by atoms with Crippen LogP contribution in [0, 0.1) is 23.7 Å². The standard InChI is InChI=1S/C26H35N5O2/c1-3-21(30-12-10-17-6-4-5-7-20(17)16-30)15-29-26(27-2)28-11-13-31-24(32)22-18-8-9-19(14-18)23(22)25(31)33/h4-9,18-19,21-23H,3,10-16H2,1-2H3,(H2,27,28,29). The molecule has 0 aromatic heterocycles. The Morgan fingerprint density at radius 1 is 1.09 bits per heavy atom. The van der Waals surface area contributed by atoms with Crippen molar-refractivity contribution in [1.29, 1.82) is 0 Å². The zero-order chi connectivity index (χ0) is 22.9. The molecule has 5 unspecified atom stereocenters. The Balaban J connectivity index is 1.10. The molecule has 2 aliphatic heterocycles. The van der Waals surface area contributed by atoms with Crippen LogP contribution in [0.2, 0.25) is 0 Å². The molecule has 4 aliphatic rings. The zero-order valence-electron chi connectivity index (χ0n) is 19.7.